The molecular weight excluding hydrogens is 370 g/mol. The molecule has 3 aromatic rings. The quantitative estimate of drug-likeness (QED) is 0.435. The lowest BCUT2D eigenvalue weighted by atomic mass is 10.1. The molecule has 148 valence electrons. The lowest BCUT2D eigenvalue weighted by molar-refractivity contribution is -0.384. The number of amides is 1. The van der Waals surface area contributed by atoms with E-state index >= 15 is 0 Å². The summed E-state index contributed by atoms with van der Waals surface area (Å²) in [5, 5.41) is 17.3. The minimum absolute atomic E-state index is 0.138. The first-order valence-electron chi connectivity index (χ1n) is 9.08. The van der Waals surface area contributed by atoms with E-state index in [2.05, 4.69) is 10.6 Å². The van der Waals surface area contributed by atoms with Crippen LogP contribution in [0.5, 0.6) is 5.75 Å². The molecule has 0 atom stereocenters. The van der Waals surface area contributed by atoms with Crippen molar-refractivity contribution in [3.63, 3.8) is 0 Å². The van der Waals surface area contributed by atoms with Crippen LogP contribution in [0.1, 0.15) is 15.9 Å². The average Bonchev–Trinajstić information content (AvgIpc) is 2.75. The van der Waals surface area contributed by atoms with Gasteiger partial charge in [-0.2, -0.15) is 0 Å². The second kappa shape index (κ2) is 9.36. The van der Waals surface area contributed by atoms with Crippen LogP contribution in [0.2, 0.25) is 0 Å². The van der Waals surface area contributed by atoms with Gasteiger partial charge in [-0.05, 0) is 48.4 Å². The fourth-order valence-electron chi connectivity index (χ4n) is 2.84. The summed E-state index contributed by atoms with van der Waals surface area (Å²) in [5.74, 6) is 0.249. The number of hydrogen-bond acceptors (Lipinski definition) is 5. The SMILES string of the molecule is COc1ccc(NC(=O)c2ccc(NCCc3ccccc3)c([N+](=O)[O-])c2)cc1. The Bertz CT molecular complexity index is 989. The van der Waals surface area contributed by atoms with Gasteiger partial charge in [-0.15, -0.1) is 0 Å². The van der Waals surface area contributed by atoms with Gasteiger partial charge in [-0.3, -0.25) is 14.9 Å². The number of ether oxygens (including phenoxy) is 1. The molecule has 3 rings (SSSR count). The van der Waals surface area contributed by atoms with Gasteiger partial charge in [-0.1, -0.05) is 30.3 Å². The van der Waals surface area contributed by atoms with E-state index < -0.39 is 10.8 Å². The summed E-state index contributed by atoms with van der Waals surface area (Å²) in [7, 11) is 1.56. The molecule has 2 N–H and O–H groups in total. The van der Waals surface area contributed by atoms with Crippen molar-refractivity contribution in [1.82, 2.24) is 0 Å². The predicted octanol–water partition coefficient (Wildman–Crippen LogP) is 4.51. The van der Waals surface area contributed by atoms with Crippen LogP contribution in [0.15, 0.2) is 72.8 Å². The van der Waals surface area contributed by atoms with Crippen molar-refractivity contribution >= 4 is 23.0 Å². The van der Waals surface area contributed by atoms with Crippen LogP contribution in [0.4, 0.5) is 17.1 Å². The number of methoxy groups -OCH3 is 1. The van der Waals surface area contributed by atoms with E-state index in [1.165, 1.54) is 6.07 Å². The summed E-state index contributed by atoms with van der Waals surface area (Å²) in [6, 6.07) is 21.1. The van der Waals surface area contributed by atoms with Crippen molar-refractivity contribution in [2.75, 3.05) is 24.3 Å². The molecule has 3 aromatic carbocycles. The van der Waals surface area contributed by atoms with Gasteiger partial charge in [-0.25, -0.2) is 0 Å². The second-order valence-corrected chi connectivity index (χ2v) is 6.33. The Hall–Kier alpha value is -3.87. The first-order valence-corrected chi connectivity index (χ1v) is 9.08. The van der Waals surface area contributed by atoms with Crippen LogP contribution in [-0.4, -0.2) is 24.5 Å². The Morgan fingerprint density at radius 3 is 2.41 bits per heavy atom. The fraction of sp³-hybridized carbons (Fsp3) is 0.136. The van der Waals surface area contributed by atoms with Gasteiger partial charge in [0.15, 0.2) is 0 Å². The highest BCUT2D eigenvalue weighted by atomic mass is 16.6. The minimum Gasteiger partial charge on any atom is -0.497 e. The third kappa shape index (κ3) is 5.32. The third-order valence-corrected chi connectivity index (χ3v) is 4.38. The topological polar surface area (TPSA) is 93.5 Å². The number of carbonyl (C=O) groups excluding carboxylic acids is 1. The summed E-state index contributed by atoms with van der Waals surface area (Å²) in [4.78, 5) is 23.5. The molecule has 0 aliphatic carbocycles. The standard InChI is InChI=1S/C22H21N3O4/c1-29-19-10-8-18(9-11-19)24-22(26)17-7-12-20(21(15-17)25(27)28)23-14-13-16-5-3-2-4-6-16/h2-12,15,23H,13-14H2,1H3,(H,24,26). The maximum Gasteiger partial charge on any atom is 0.293 e. The average molecular weight is 391 g/mol. The van der Waals surface area contributed by atoms with E-state index in [4.69, 9.17) is 4.74 Å². The Kier molecular flexibility index (Phi) is 6.42. The molecule has 0 aromatic heterocycles. The van der Waals surface area contributed by atoms with Gasteiger partial charge < -0.3 is 15.4 Å². The maximum atomic E-state index is 12.5. The zero-order valence-electron chi connectivity index (χ0n) is 15.9. The first kappa shape index (κ1) is 19.9. The van der Waals surface area contributed by atoms with Crippen LogP contribution in [0.25, 0.3) is 0 Å². The number of nitro benzene ring substituents is 1. The Balaban J connectivity index is 1.69. The van der Waals surface area contributed by atoms with Gasteiger partial charge in [0.2, 0.25) is 0 Å². The number of nitrogens with one attached hydrogen (secondary N) is 2. The van der Waals surface area contributed by atoms with Gasteiger partial charge in [0.1, 0.15) is 11.4 Å². The molecule has 7 nitrogen and oxygen atoms in total. The van der Waals surface area contributed by atoms with Crippen molar-refractivity contribution in [2.45, 2.75) is 6.42 Å². The largest absolute Gasteiger partial charge is 0.497 e. The van der Waals surface area contributed by atoms with Gasteiger partial charge in [0.25, 0.3) is 11.6 Å². The van der Waals surface area contributed by atoms with E-state index in [0.29, 0.717) is 23.7 Å². The van der Waals surface area contributed by atoms with E-state index in [-0.39, 0.29) is 11.3 Å². The molecule has 0 aliphatic heterocycles. The lowest BCUT2D eigenvalue weighted by Crippen LogP contribution is -2.13. The summed E-state index contributed by atoms with van der Waals surface area (Å²) in [6.07, 6.45) is 0.734. The molecule has 0 bridgehead atoms. The summed E-state index contributed by atoms with van der Waals surface area (Å²) < 4.78 is 5.08. The number of nitrogens with zero attached hydrogens (tertiary/aromatic N) is 1. The number of anilines is 2. The smallest absolute Gasteiger partial charge is 0.293 e. The van der Waals surface area contributed by atoms with Crippen molar-refractivity contribution in [2.24, 2.45) is 0 Å². The molecule has 0 aliphatic rings. The van der Waals surface area contributed by atoms with Crippen molar-refractivity contribution in [1.29, 1.82) is 0 Å². The van der Waals surface area contributed by atoms with E-state index in [1.807, 2.05) is 30.3 Å². The molecule has 0 spiro atoms. The highest BCUT2D eigenvalue weighted by molar-refractivity contribution is 6.05. The maximum absolute atomic E-state index is 12.5. The fourth-order valence-corrected chi connectivity index (χ4v) is 2.84. The van der Waals surface area contributed by atoms with Gasteiger partial charge in [0.05, 0.1) is 12.0 Å². The molecule has 0 heterocycles. The van der Waals surface area contributed by atoms with E-state index in [0.717, 1.165) is 12.0 Å². The Morgan fingerprint density at radius 2 is 1.76 bits per heavy atom. The van der Waals surface area contributed by atoms with E-state index in [1.54, 1.807) is 43.5 Å². The van der Waals surface area contributed by atoms with Crippen molar-refractivity contribution in [3.05, 3.63) is 94.0 Å². The zero-order chi connectivity index (χ0) is 20.6. The highest BCUT2D eigenvalue weighted by Crippen LogP contribution is 2.26. The highest BCUT2D eigenvalue weighted by Gasteiger charge is 2.17. The third-order valence-electron chi connectivity index (χ3n) is 4.38. The first-order chi connectivity index (χ1) is 14.1. The summed E-state index contributed by atoms with van der Waals surface area (Å²) >= 11 is 0. The zero-order valence-corrected chi connectivity index (χ0v) is 15.9. The van der Waals surface area contributed by atoms with Gasteiger partial charge in [0, 0.05) is 23.9 Å². The van der Waals surface area contributed by atoms with Crippen LogP contribution in [0.3, 0.4) is 0 Å². The Morgan fingerprint density at radius 1 is 1.03 bits per heavy atom. The monoisotopic (exact) mass is 391 g/mol. The molecule has 29 heavy (non-hydrogen) atoms. The minimum atomic E-state index is -0.491. The van der Waals surface area contributed by atoms with Crippen LogP contribution in [-0.2, 0) is 6.42 Å². The number of nitro groups is 1. The summed E-state index contributed by atoms with van der Waals surface area (Å²) in [5.41, 5.74) is 2.16. The molecular formula is C22H21N3O4. The predicted molar refractivity (Wildman–Crippen MR) is 113 cm³/mol. The molecule has 0 unspecified atom stereocenters. The number of benzene rings is 3. The lowest BCUT2D eigenvalue weighted by Gasteiger charge is -2.10. The Labute approximate surface area is 168 Å². The van der Waals surface area contributed by atoms with Crippen LogP contribution < -0.4 is 15.4 Å². The number of carbonyl (C=O) groups is 1. The van der Waals surface area contributed by atoms with E-state index in [9.17, 15) is 14.9 Å². The second-order valence-electron chi connectivity index (χ2n) is 6.33. The van der Waals surface area contributed by atoms with Crippen molar-refractivity contribution in [3.8, 4) is 5.75 Å². The normalized spacial score (nSPS) is 10.2. The molecule has 1 amide bonds. The summed E-state index contributed by atoms with van der Waals surface area (Å²) in [6.45, 7) is 0.544. The van der Waals surface area contributed by atoms with Gasteiger partial charge >= 0.3 is 0 Å². The van der Waals surface area contributed by atoms with Crippen LogP contribution in [0, 0.1) is 10.1 Å². The number of hydrogen-bond donors (Lipinski definition) is 2. The molecule has 7 heteroatoms. The molecule has 0 saturated carbocycles. The molecule has 0 fully saturated rings. The van der Waals surface area contributed by atoms with Crippen molar-refractivity contribution < 1.29 is 14.5 Å². The van der Waals surface area contributed by atoms with Crippen LogP contribution >= 0.6 is 0 Å². The number of rotatable bonds is 8. The molecule has 0 saturated heterocycles. The molecule has 0 radical (unpaired) electrons.